The summed E-state index contributed by atoms with van der Waals surface area (Å²) in [5.74, 6) is -0.845. The molecule has 2 N–H and O–H groups in total. The molecule has 0 saturated carbocycles. The van der Waals surface area contributed by atoms with Crippen molar-refractivity contribution in [3.63, 3.8) is 0 Å². The molecule has 0 heterocycles. The van der Waals surface area contributed by atoms with Crippen molar-refractivity contribution in [3.05, 3.63) is 6.92 Å². The molecule has 0 saturated heterocycles. The second-order valence-corrected chi connectivity index (χ2v) is 1.47. The number of aliphatic carboxylic acids is 1. The molecule has 51 valence electrons. The van der Waals surface area contributed by atoms with E-state index in [1.165, 1.54) is 0 Å². The monoisotopic (exact) mass is 205 g/mol. The minimum Gasteiger partial charge on any atom is -0.480 e. The van der Waals surface area contributed by atoms with Crippen LogP contribution in [0.5, 0.6) is 0 Å². The molecule has 0 spiro atoms. The van der Waals surface area contributed by atoms with Crippen LogP contribution in [0, 0.1) is 6.92 Å². The van der Waals surface area contributed by atoms with Crippen LogP contribution in [-0.4, -0.2) is 24.2 Å². The summed E-state index contributed by atoms with van der Waals surface area (Å²) in [6.07, 6.45) is 0.381. The molecule has 1 atom stereocenters. The van der Waals surface area contributed by atoms with Crippen molar-refractivity contribution >= 4 is 5.97 Å². The number of carboxylic acids is 1. The van der Waals surface area contributed by atoms with Crippen LogP contribution in [0.15, 0.2) is 0 Å². The fourth-order valence-electron chi connectivity index (χ4n) is 0.391. The molecular weight excluding hydrogens is 195 g/mol. The zero-order valence-corrected chi connectivity index (χ0v) is 8.26. The van der Waals surface area contributed by atoms with E-state index < -0.39 is 12.0 Å². The third kappa shape index (κ3) is 5.00. The van der Waals surface area contributed by atoms with E-state index in [4.69, 9.17) is 5.11 Å². The predicted molar refractivity (Wildman–Crippen MR) is 30.5 cm³/mol. The minimum absolute atomic E-state index is 0. The largest absolute Gasteiger partial charge is 0.480 e. The number of hydrogen-bond donors (Lipinski definition) is 2. The Kier molecular flexibility index (Phi) is 9.04. The first-order valence-corrected chi connectivity index (χ1v) is 2.41. The van der Waals surface area contributed by atoms with Gasteiger partial charge in [0.25, 0.3) is 0 Å². The smallest absolute Gasteiger partial charge is 0.317 e. The standard InChI is InChI=1S/C5H10NO2.Y/c1-3-4(6-2)5(7)8;/h4,6H,1,3H2,2H3,(H,7,8);/q-1;. The Morgan fingerprint density at radius 1 is 1.89 bits per heavy atom. The molecule has 0 aliphatic carbocycles. The van der Waals surface area contributed by atoms with E-state index in [1.807, 2.05) is 0 Å². The SMILES string of the molecule is [CH2-]CC(NC)C(=O)O.[Y]. The van der Waals surface area contributed by atoms with Crippen molar-refractivity contribution in [3.8, 4) is 0 Å². The molecule has 0 aromatic carbocycles. The molecular formula is C5H10NO2Y-. The maximum Gasteiger partial charge on any atom is 0.317 e. The van der Waals surface area contributed by atoms with Gasteiger partial charge in [-0.3, -0.25) is 4.79 Å². The van der Waals surface area contributed by atoms with Crippen molar-refractivity contribution in [2.75, 3.05) is 7.05 Å². The first-order chi connectivity index (χ1) is 3.72. The van der Waals surface area contributed by atoms with E-state index in [-0.39, 0.29) is 32.7 Å². The average molecular weight is 205 g/mol. The van der Waals surface area contributed by atoms with Gasteiger partial charge in [-0.2, -0.15) is 6.42 Å². The zero-order valence-electron chi connectivity index (χ0n) is 5.42. The first kappa shape index (κ1) is 12.2. The summed E-state index contributed by atoms with van der Waals surface area (Å²) in [6, 6.07) is -0.491. The third-order valence-corrected chi connectivity index (χ3v) is 0.935. The van der Waals surface area contributed by atoms with Crippen LogP contribution in [0.2, 0.25) is 0 Å². The second kappa shape index (κ2) is 6.65. The van der Waals surface area contributed by atoms with Crippen LogP contribution in [0.25, 0.3) is 0 Å². The Labute approximate surface area is 80.1 Å². The Balaban J connectivity index is 0. The van der Waals surface area contributed by atoms with Gasteiger partial charge in [0.1, 0.15) is 0 Å². The molecule has 3 nitrogen and oxygen atoms in total. The molecule has 0 aromatic heterocycles. The van der Waals surface area contributed by atoms with E-state index in [1.54, 1.807) is 7.05 Å². The van der Waals surface area contributed by atoms with Crippen LogP contribution in [0.1, 0.15) is 6.42 Å². The molecule has 0 rings (SSSR count). The zero-order chi connectivity index (χ0) is 6.57. The van der Waals surface area contributed by atoms with E-state index in [2.05, 4.69) is 12.2 Å². The van der Waals surface area contributed by atoms with Gasteiger partial charge in [-0.05, 0) is 7.05 Å². The molecule has 4 heteroatoms. The second-order valence-electron chi connectivity index (χ2n) is 1.47. The quantitative estimate of drug-likeness (QED) is 0.631. The van der Waals surface area contributed by atoms with Gasteiger partial charge >= 0.3 is 5.97 Å². The Hall–Kier alpha value is 0.534. The van der Waals surface area contributed by atoms with Crippen LogP contribution >= 0.6 is 0 Å². The summed E-state index contributed by atoms with van der Waals surface area (Å²) in [5, 5.41) is 10.9. The molecule has 0 aliphatic rings. The fourth-order valence-corrected chi connectivity index (χ4v) is 0.391. The minimum atomic E-state index is -0.845. The average Bonchev–Trinajstić information content (AvgIpc) is 1.69. The van der Waals surface area contributed by atoms with Crippen LogP contribution in [0.4, 0.5) is 0 Å². The molecule has 1 unspecified atom stereocenters. The van der Waals surface area contributed by atoms with Crippen molar-refractivity contribution in [1.82, 2.24) is 5.32 Å². The maximum atomic E-state index is 10.1. The summed E-state index contributed by atoms with van der Waals surface area (Å²) in [4.78, 5) is 10.1. The summed E-state index contributed by atoms with van der Waals surface area (Å²) in [7, 11) is 1.60. The summed E-state index contributed by atoms with van der Waals surface area (Å²) in [5.41, 5.74) is 0. The van der Waals surface area contributed by atoms with Gasteiger partial charge in [0, 0.05) is 32.7 Å². The van der Waals surface area contributed by atoms with Gasteiger partial charge in [-0.1, -0.05) is 0 Å². The maximum absolute atomic E-state index is 10.1. The number of likely N-dealkylation sites (N-methyl/N-ethyl adjacent to an activating group) is 1. The van der Waals surface area contributed by atoms with Crippen molar-refractivity contribution in [1.29, 1.82) is 0 Å². The number of nitrogens with one attached hydrogen (secondary N) is 1. The van der Waals surface area contributed by atoms with E-state index in [0.717, 1.165) is 0 Å². The number of hydrogen-bond acceptors (Lipinski definition) is 2. The van der Waals surface area contributed by atoms with Gasteiger partial charge in [0.2, 0.25) is 0 Å². The van der Waals surface area contributed by atoms with Crippen molar-refractivity contribution in [2.24, 2.45) is 0 Å². The summed E-state index contributed by atoms with van der Waals surface area (Å²) in [6.45, 7) is 3.43. The molecule has 0 bridgehead atoms. The third-order valence-electron chi connectivity index (χ3n) is 0.935. The van der Waals surface area contributed by atoms with E-state index in [9.17, 15) is 4.79 Å². The van der Waals surface area contributed by atoms with Gasteiger partial charge in [0.15, 0.2) is 0 Å². The van der Waals surface area contributed by atoms with E-state index in [0.29, 0.717) is 6.42 Å². The number of carbonyl (C=O) groups is 1. The normalized spacial score (nSPS) is 11.8. The van der Waals surface area contributed by atoms with Gasteiger partial charge in [-0.25, -0.2) is 0 Å². The van der Waals surface area contributed by atoms with Crippen molar-refractivity contribution in [2.45, 2.75) is 12.5 Å². The molecule has 1 radical (unpaired) electrons. The molecule has 0 aliphatic heterocycles. The van der Waals surface area contributed by atoms with Gasteiger partial charge in [-0.15, -0.1) is 0 Å². The number of rotatable bonds is 3. The molecule has 9 heavy (non-hydrogen) atoms. The van der Waals surface area contributed by atoms with Crippen molar-refractivity contribution < 1.29 is 42.6 Å². The Morgan fingerprint density at radius 3 is 2.33 bits per heavy atom. The van der Waals surface area contributed by atoms with Crippen LogP contribution in [-0.2, 0) is 37.5 Å². The van der Waals surface area contributed by atoms with E-state index >= 15 is 0 Å². The Bertz CT molecular complexity index is 83.0. The van der Waals surface area contributed by atoms with Crippen LogP contribution < -0.4 is 5.32 Å². The molecule has 0 amide bonds. The van der Waals surface area contributed by atoms with Crippen LogP contribution in [0.3, 0.4) is 0 Å². The van der Waals surface area contributed by atoms with Gasteiger partial charge < -0.3 is 17.3 Å². The topological polar surface area (TPSA) is 49.3 Å². The Morgan fingerprint density at radius 2 is 2.33 bits per heavy atom. The van der Waals surface area contributed by atoms with Gasteiger partial charge in [0.05, 0.1) is 6.04 Å². The molecule has 0 fully saturated rings. The summed E-state index contributed by atoms with van der Waals surface area (Å²) < 4.78 is 0. The number of carboxylic acid groups (broad SMARTS) is 1. The predicted octanol–water partition coefficient (Wildman–Crippen LogP) is -0.119. The molecule has 0 aromatic rings. The first-order valence-electron chi connectivity index (χ1n) is 2.41. The fraction of sp³-hybridized carbons (Fsp3) is 0.600. The summed E-state index contributed by atoms with van der Waals surface area (Å²) >= 11 is 0.